The standard InChI is InChI=1S/C32H51N3O5/c1-30-13-10-24(40-29(37)34-17-5-19-35(3)18-4-16-33)20-23(30)7-8-27-26(30)11-14-31(2)25(12-15-32(27,31)38)22-6-9-28(36)39-21-22/h6,9,21,23-27,38H,4-5,7-8,10-20,33H2,1-3H3,(H,34,37)/t23-,24+,25+,26+,27-,30+,31-,32+/m1/s1. The molecule has 5 rings (SSSR count). The highest BCUT2D eigenvalue weighted by Crippen LogP contribution is 2.70. The van der Waals surface area contributed by atoms with Crippen LogP contribution in [0.5, 0.6) is 0 Å². The molecular formula is C32H51N3O5. The van der Waals surface area contributed by atoms with Gasteiger partial charge in [-0.05, 0) is 138 Å². The van der Waals surface area contributed by atoms with E-state index in [1.165, 1.54) is 6.07 Å². The highest BCUT2D eigenvalue weighted by molar-refractivity contribution is 5.67. The number of nitrogens with zero attached hydrogens (tertiary/aromatic N) is 1. The van der Waals surface area contributed by atoms with E-state index < -0.39 is 5.60 Å². The lowest BCUT2D eigenvalue weighted by atomic mass is 9.43. The molecule has 4 saturated carbocycles. The first kappa shape index (κ1) is 29.6. The Hall–Kier alpha value is -1.90. The van der Waals surface area contributed by atoms with E-state index in [4.69, 9.17) is 14.9 Å². The summed E-state index contributed by atoms with van der Waals surface area (Å²) < 4.78 is 11.1. The molecule has 4 fully saturated rings. The number of ether oxygens (including phenoxy) is 1. The van der Waals surface area contributed by atoms with Crippen molar-refractivity contribution >= 4 is 6.09 Å². The van der Waals surface area contributed by atoms with Crippen LogP contribution in [-0.4, -0.2) is 61.0 Å². The molecule has 0 spiro atoms. The first-order valence-corrected chi connectivity index (χ1v) is 15.7. The molecule has 4 aliphatic rings. The molecule has 0 aliphatic heterocycles. The van der Waals surface area contributed by atoms with Gasteiger partial charge in [0, 0.05) is 18.0 Å². The van der Waals surface area contributed by atoms with Crippen molar-refractivity contribution in [3.63, 3.8) is 0 Å². The SMILES string of the molecule is CN(CCCN)CCCNC(=O)O[C@H]1CC[C@@]2(C)[C@H](CC[C@@H]3[C@@H]2CC[C@]2(C)[C@H](c4ccc(=O)oc4)CC[C@]32O)C1. The highest BCUT2D eigenvalue weighted by atomic mass is 16.6. The molecule has 1 heterocycles. The molecule has 4 N–H and O–H groups in total. The van der Waals surface area contributed by atoms with Crippen LogP contribution in [0.4, 0.5) is 4.79 Å². The fourth-order valence-corrected chi connectivity index (χ4v) is 9.60. The van der Waals surface area contributed by atoms with Gasteiger partial charge < -0.3 is 30.2 Å². The van der Waals surface area contributed by atoms with Crippen LogP contribution in [0.25, 0.3) is 0 Å². The van der Waals surface area contributed by atoms with E-state index in [0.29, 0.717) is 24.9 Å². The van der Waals surface area contributed by atoms with Gasteiger partial charge in [-0.25, -0.2) is 9.59 Å². The van der Waals surface area contributed by atoms with Gasteiger partial charge in [-0.3, -0.25) is 0 Å². The van der Waals surface area contributed by atoms with E-state index in [1.807, 2.05) is 6.07 Å². The molecule has 1 aromatic rings. The zero-order valence-electron chi connectivity index (χ0n) is 24.8. The van der Waals surface area contributed by atoms with Crippen molar-refractivity contribution in [3.8, 4) is 0 Å². The van der Waals surface area contributed by atoms with Crippen molar-refractivity contribution in [2.24, 2.45) is 34.3 Å². The number of rotatable bonds is 9. The zero-order chi connectivity index (χ0) is 28.5. The number of hydrogen-bond acceptors (Lipinski definition) is 7. The summed E-state index contributed by atoms with van der Waals surface area (Å²) in [6, 6.07) is 3.41. The minimum absolute atomic E-state index is 0.0256. The smallest absolute Gasteiger partial charge is 0.407 e. The molecule has 8 nitrogen and oxygen atoms in total. The molecular weight excluding hydrogens is 506 g/mol. The van der Waals surface area contributed by atoms with E-state index >= 15 is 0 Å². The van der Waals surface area contributed by atoms with E-state index in [0.717, 1.165) is 89.3 Å². The van der Waals surface area contributed by atoms with Gasteiger partial charge in [-0.1, -0.05) is 13.8 Å². The van der Waals surface area contributed by atoms with Gasteiger partial charge in [-0.15, -0.1) is 0 Å². The fourth-order valence-electron chi connectivity index (χ4n) is 9.60. The molecule has 1 aromatic heterocycles. The third-order valence-corrected chi connectivity index (χ3v) is 11.9. The first-order valence-electron chi connectivity index (χ1n) is 15.7. The summed E-state index contributed by atoms with van der Waals surface area (Å²) in [6.07, 6.45) is 12.0. The minimum Gasteiger partial charge on any atom is -0.446 e. The van der Waals surface area contributed by atoms with Crippen molar-refractivity contribution in [2.75, 3.05) is 33.2 Å². The molecule has 1 amide bonds. The second-order valence-electron chi connectivity index (χ2n) is 13.9. The summed E-state index contributed by atoms with van der Waals surface area (Å²) in [5.41, 5.74) is 5.56. The number of fused-ring (bicyclic) bond motifs is 5. The number of carbonyl (C=O) groups excluding carboxylic acids is 1. The van der Waals surface area contributed by atoms with E-state index in [-0.39, 0.29) is 40.5 Å². The maximum absolute atomic E-state index is 12.5. The minimum atomic E-state index is -0.698. The quantitative estimate of drug-likeness (QED) is 0.378. The maximum atomic E-state index is 12.5. The second kappa shape index (κ2) is 11.8. The summed E-state index contributed by atoms with van der Waals surface area (Å²) in [6.45, 7) is 7.97. The summed E-state index contributed by atoms with van der Waals surface area (Å²) >= 11 is 0. The van der Waals surface area contributed by atoms with Gasteiger partial charge in [0.05, 0.1) is 11.9 Å². The summed E-state index contributed by atoms with van der Waals surface area (Å²) in [7, 11) is 2.09. The lowest BCUT2D eigenvalue weighted by Gasteiger charge is -2.63. The van der Waals surface area contributed by atoms with Crippen molar-refractivity contribution in [2.45, 2.75) is 102 Å². The number of carbonyl (C=O) groups is 1. The molecule has 8 atom stereocenters. The molecule has 0 radical (unpaired) electrons. The van der Waals surface area contributed by atoms with Gasteiger partial charge in [-0.2, -0.15) is 0 Å². The molecule has 8 heteroatoms. The number of aliphatic hydroxyl groups is 1. The highest BCUT2D eigenvalue weighted by Gasteiger charge is 2.67. The lowest BCUT2D eigenvalue weighted by Crippen LogP contribution is -2.62. The van der Waals surface area contributed by atoms with Crippen molar-refractivity contribution in [1.29, 1.82) is 0 Å². The van der Waals surface area contributed by atoms with Gasteiger partial charge in [0.25, 0.3) is 0 Å². The third-order valence-electron chi connectivity index (χ3n) is 11.9. The molecule has 0 saturated heterocycles. The average molecular weight is 558 g/mol. The monoisotopic (exact) mass is 557 g/mol. The number of hydrogen-bond donors (Lipinski definition) is 3. The van der Waals surface area contributed by atoms with Crippen molar-refractivity contribution in [1.82, 2.24) is 10.2 Å². The Bertz CT molecular complexity index is 1070. The molecule has 40 heavy (non-hydrogen) atoms. The third kappa shape index (κ3) is 5.36. The number of alkyl carbamates (subject to hydrolysis) is 1. The Balaban J connectivity index is 1.17. The van der Waals surface area contributed by atoms with E-state index in [9.17, 15) is 14.7 Å². The predicted molar refractivity (Wildman–Crippen MR) is 155 cm³/mol. The Morgan fingerprint density at radius 2 is 1.90 bits per heavy atom. The van der Waals surface area contributed by atoms with E-state index in [2.05, 4.69) is 31.1 Å². The first-order chi connectivity index (χ1) is 19.1. The number of nitrogens with one attached hydrogen (secondary N) is 1. The molecule has 0 bridgehead atoms. The Kier molecular flexibility index (Phi) is 8.70. The topological polar surface area (TPSA) is 118 Å². The Morgan fingerprint density at radius 3 is 2.65 bits per heavy atom. The largest absolute Gasteiger partial charge is 0.446 e. The van der Waals surface area contributed by atoms with Gasteiger partial charge in [0.2, 0.25) is 0 Å². The zero-order valence-corrected chi connectivity index (χ0v) is 24.8. The number of amides is 1. The molecule has 4 aliphatic carbocycles. The normalized spacial score (nSPS) is 38.8. The van der Waals surface area contributed by atoms with Gasteiger partial charge in [0.1, 0.15) is 6.10 Å². The number of nitrogens with two attached hydrogens (primary N) is 1. The Morgan fingerprint density at radius 1 is 1.10 bits per heavy atom. The maximum Gasteiger partial charge on any atom is 0.407 e. The van der Waals surface area contributed by atoms with Crippen LogP contribution in [0.3, 0.4) is 0 Å². The van der Waals surface area contributed by atoms with Crippen LogP contribution in [0.2, 0.25) is 0 Å². The molecule has 224 valence electrons. The van der Waals surface area contributed by atoms with Crippen LogP contribution >= 0.6 is 0 Å². The van der Waals surface area contributed by atoms with Crippen molar-refractivity contribution in [3.05, 3.63) is 34.4 Å². The fraction of sp³-hybridized carbons (Fsp3) is 0.812. The molecule has 0 aromatic carbocycles. The van der Waals surface area contributed by atoms with Crippen molar-refractivity contribution < 1.29 is 19.1 Å². The predicted octanol–water partition coefficient (Wildman–Crippen LogP) is 4.65. The Labute approximate surface area is 239 Å². The van der Waals surface area contributed by atoms with Gasteiger partial charge >= 0.3 is 11.7 Å². The van der Waals surface area contributed by atoms with E-state index in [1.54, 1.807) is 6.26 Å². The van der Waals surface area contributed by atoms with Crippen LogP contribution in [0.15, 0.2) is 27.6 Å². The van der Waals surface area contributed by atoms with Crippen LogP contribution in [0, 0.1) is 28.6 Å². The average Bonchev–Trinajstić information content (AvgIpc) is 3.21. The van der Waals surface area contributed by atoms with Crippen LogP contribution < -0.4 is 16.7 Å². The summed E-state index contributed by atoms with van der Waals surface area (Å²) in [5.74, 6) is 1.51. The summed E-state index contributed by atoms with van der Waals surface area (Å²) in [5, 5.41) is 15.4. The summed E-state index contributed by atoms with van der Waals surface area (Å²) in [4.78, 5) is 26.3. The lowest BCUT2D eigenvalue weighted by molar-refractivity contribution is -0.205. The van der Waals surface area contributed by atoms with Crippen LogP contribution in [0.1, 0.15) is 96.0 Å². The molecule has 0 unspecified atom stereocenters. The van der Waals surface area contributed by atoms with Crippen LogP contribution in [-0.2, 0) is 4.74 Å². The second-order valence-corrected chi connectivity index (χ2v) is 13.9. The van der Waals surface area contributed by atoms with Gasteiger partial charge in [0.15, 0.2) is 0 Å².